The van der Waals surface area contributed by atoms with Crippen LogP contribution < -0.4 is 10.1 Å². The monoisotopic (exact) mass is 335 g/mol. The van der Waals surface area contributed by atoms with Gasteiger partial charge < -0.3 is 10.1 Å². The Morgan fingerprint density at radius 3 is 2.58 bits per heavy atom. The molecule has 1 heterocycles. The third-order valence-corrected chi connectivity index (χ3v) is 3.93. The molecule has 0 aliphatic carbocycles. The second-order valence-electron chi connectivity index (χ2n) is 5.72. The molecule has 1 atom stereocenters. The van der Waals surface area contributed by atoms with Gasteiger partial charge in [-0.2, -0.15) is 13.2 Å². The van der Waals surface area contributed by atoms with Gasteiger partial charge in [0.15, 0.2) is 0 Å². The van der Waals surface area contributed by atoms with Gasteiger partial charge in [0, 0.05) is 18.9 Å². The number of halogens is 3. The van der Waals surface area contributed by atoms with Crippen LogP contribution in [0.3, 0.4) is 0 Å². The zero-order valence-electron chi connectivity index (χ0n) is 13.0. The molecule has 0 saturated carbocycles. The summed E-state index contributed by atoms with van der Waals surface area (Å²) < 4.78 is 45.7. The number of para-hydroxylation sites is 1. The van der Waals surface area contributed by atoms with Crippen molar-refractivity contribution >= 4 is 5.91 Å². The molecule has 0 saturated heterocycles. The van der Waals surface area contributed by atoms with Crippen molar-refractivity contribution in [2.24, 2.45) is 0 Å². The lowest BCUT2D eigenvalue weighted by Crippen LogP contribution is -2.32. The fourth-order valence-corrected chi connectivity index (χ4v) is 2.89. The molecule has 3 rings (SSSR count). The van der Waals surface area contributed by atoms with Gasteiger partial charge in [-0.25, -0.2) is 0 Å². The van der Waals surface area contributed by atoms with Gasteiger partial charge in [0.2, 0.25) is 5.91 Å². The Labute approximate surface area is 137 Å². The Morgan fingerprint density at radius 1 is 1.17 bits per heavy atom. The zero-order valence-corrected chi connectivity index (χ0v) is 13.0. The smallest absolute Gasteiger partial charge is 0.417 e. The summed E-state index contributed by atoms with van der Waals surface area (Å²) in [5.41, 5.74) is 0.680. The molecule has 24 heavy (non-hydrogen) atoms. The Bertz CT molecular complexity index is 771. The molecule has 126 valence electrons. The molecular weight excluding hydrogens is 319 g/mol. The van der Waals surface area contributed by atoms with E-state index < -0.39 is 11.7 Å². The Hall–Kier alpha value is -2.50. The Kier molecular flexibility index (Phi) is 4.22. The molecule has 0 radical (unpaired) electrons. The summed E-state index contributed by atoms with van der Waals surface area (Å²) in [6, 6.07) is 10.7. The van der Waals surface area contributed by atoms with E-state index in [-0.39, 0.29) is 17.6 Å². The summed E-state index contributed by atoms with van der Waals surface area (Å²) in [6.45, 7) is 1.73. The number of hydrogen-bond donors (Lipinski definition) is 1. The van der Waals surface area contributed by atoms with Crippen molar-refractivity contribution in [3.8, 4) is 16.9 Å². The molecule has 1 unspecified atom stereocenters. The number of alkyl halides is 3. The van der Waals surface area contributed by atoms with Crippen LogP contribution in [0.4, 0.5) is 13.2 Å². The minimum absolute atomic E-state index is 0.0991. The van der Waals surface area contributed by atoms with Crippen LogP contribution in [0.25, 0.3) is 11.1 Å². The molecule has 1 amide bonds. The van der Waals surface area contributed by atoms with Crippen molar-refractivity contribution in [2.45, 2.75) is 25.6 Å². The van der Waals surface area contributed by atoms with E-state index in [1.54, 1.807) is 18.2 Å². The minimum Gasteiger partial charge on any atom is -0.487 e. The van der Waals surface area contributed by atoms with Gasteiger partial charge in [-0.3, -0.25) is 4.79 Å². The first-order chi connectivity index (χ1) is 11.4. The number of benzene rings is 2. The van der Waals surface area contributed by atoms with E-state index in [2.05, 4.69) is 5.32 Å². The van der Waals surface area contributed by atoms with Gasteiger partial charge >= 0.3 is 6.18 Å². The second-order valence-corrected chi connectivity index (χ2v) is 5.72. The average molecular weight is 335 g/mol. The van der Waals surface area contributed by atoms with Gasteiger partial charge in [0.1, 0.15) is 11.9 Å². The lowest BCUT2D eigenvalue weighted by molar-refractivity contribution is -0.137. The van der Waals surface area contributed by atoms with Gasteiger partial charge in [-0.05, 0) is 17.2 Å². The van der Waals surface area contributed by atoms with Crippen LogP contribution in [0.1, 0.15) is 18.1 Å². The highest BCUT2D eigenvalue weighted by Crippen LogP contribution is 2.43. The number of ether oxygens (including phenoxy) is 1. The van der Waals surface area contributed by atoms with Crippen LogP contribution in [0.2, 0.25) is 0 Å². The van der Waals surface area contributed by atoms with Crippen molar-refractivity contribution in [3.63, 3.8) is 0 Å². The maximum Gasteiger partial charge on any atom is 0.417 e. The normalized spacial score (nSPS) is 16.4. The summed E-state index contributed by atoms with van der Waals surface area (Å²) in [4.78, 5) is 11.0. The zero-order chi connectivity index (χ0) is 17.3. The van der Waals surface area contributed by atoms with Gasteiger partial charge in [-0.1, -0.05) is 36.4 Å². The van der Waals surface area contributed by atoms with Crippen LogP contribution in [0.5, 0.6) is 5.75 Å². The van der Waals surface area contributed by atoms with Crippen LogP contribution in [0, 0.1) is 0 Å². The first-order valence-corrected chi connectivity index (χ1v) is 7.56. The summed E-state index contributed by atoms with van der Waals surface area (Å²) >= 11 is 0. The summed E-state index contributed by atoms with van der Waals surface area (Å²) in [5, 5.41) is 2.67. The fourth-order valence-electron chi connectivity index (χ4n) is 2.89. The first-order valence-electron chi connectivity index (χ1n) is 7.56. The second kappa shape index (κ2) is 6.19. The van der Waals surface area contributed by atoms with Crippen molar-refractivity contribution in [2.75, 3.05) is 6.54 Å². The van der Waals surface area contributed by atoms with Gasteiger partial charge in [-0.15, -0.1) is 0 Å². The van der Waals surface area contributed by atoms with Crippen LogP contribution >= 0.6 is 0 Å². The summed E-state index contributed by atoms with van der Waals surface area (Å²) in [6.07, 6.45) is -4.16. The maximum absolute atomic E-state index is 13.3. The summed E-state index contributed by atoms with van der Waals surface area (Å²) in [7, 11) is 0. The van der Waals surface area contributed by atoms with E-state index in [1.165, 1.54) is 19.1 Å². The standard InChI is InChI=1S/C18H16F3NO2/c1-11(23)22-10-13-9-12-5-4-7-15(17(12)24-13)14-6-2-3-8-16(14)18(19,20)21/h2-8,13H,9-10H2,1H3,(H,22,23). The van der Waals surface area contributed by atoms with Crippen molar-refractivity contribution in [1.82, 2.24) is 5.32 Å². The number of hydrogen-bond acceptors (Lipinski definition) is 2. The molecule has 1 aliphatic heterocycles. The number of nitrogens with one attached hydrogen (secondary N) is 1. The Morgan fingerprint density at radius 2 is 1.88 bits per heavy atom. The highest BCUT2D eigenvalue weighted by atomic mass is 19.4. The quantitative estimate of drug-likeness (QED) is 0.926. The largest absolute Gasteiger partial charge is 0.487 e. The number of amides is 1. The van der Waals surface area contributed by atoms with Crippen LogP contribution in [-0.2, 0) is 17.4 Å². The third-order valence-electron chi connectivity index (χ3n) is 3.93. The SMILES string of the molecule is CC(=O)NCC1Cc2cccc(-c3ccccc3C(F)(F)F)c2O1. The van der Waals surface area contributed by atoms with Crippen LogP contribution in [-0.4, -0.2) is 18.6 Å². The predicted octanol–water partition coefficient (Wildman–Crippen LogP) is 3.81. The number of fused-ring (bicyclic) bond motifs is 1. The van der Waals surface area contributed by atoms with E-state index in [0.29, 0.717) is 24.3 Å². The average Bonchev–Trinajstić information content (AvgIpc) is 2.95. The molecule has 0 spiro atoms. The van der Waals surface area contributed by atoms with E-state index in [9.17, 15) is 18.0 Å². The number of rotatable bonds is 3. The third kappa shape index (κ3) is 3.22. The lowest BCUT2D eigenvalue weighted by atomic mass is 9.96. The van der Waals surface area contributed by atoms with Gasteiger partial charge in [0.05, 0.1) is 12.1 Å². The molecule has 2 aromatic carbocycles. The molecular formula is C18H16F3NO2. The molecule has 6 heteroatoms. The van der Waals surface area contributed by atoms with E-state index in [1.807, 2.05) is 6.07 Å². The molecule has 1 aliphatic rings. The van der Waals surface area contributed by atoms with Crippen molar-refractivity contribution < 1.29 is 22.7 Å². The number of carbonyl (C=O) groups is 1. The predicted molar refractivity (Wildman–Crippen MR) is 83.7 cm³/mol. The molecule has 1 N–H and O–H groups in total. The number of carbonyl (C=O) groups excluding carboxylic acids is 1. The van der Waals surface area contributed by atoms with Crippen LogP contribution in [0.15, 0.2) is 42.5 Å². The first kappa shape index (κ1) is 16.4. The van der Waals surface area contributed by atoms with Crippen molar-refractivity contribution in [1.29, 1.82) is 0 Å². The molecule has 0 bridgehead atoms. The minimum atomic E-state index is -4.44. The lowest BCUT2D eigenvalue weighted by Gasteiger charge is -2.16. The Balaban J connectivity index is 1.97. The molecule has 0 aromatic heterocycles. The topological polar surface area (TPSA) is 38.3 Å². The van der Waals surface area contributed by atoms with E-state index >= 15 is 0 Å². The van der Waals surface area contributed by atoms with E-state index in [4.69, 9.17) is 4.74 Å². The highest BCUT2D eigenvalue weighted by Gasteiger charge is 2.35. The highest BCUT2D eigenvalue weighted by molar-refractivity contribution is 5.76. The van der Waals surface area contributed by atoms with Crippen molar-refractivity contribution in [3.05, 3.63) is 53.6 Å². The molecule has 2 aromatic rings. The maximum atomic E-state index is 13.3. The van der Waals surface area contributed by atoms with E-state index in [0.717, 1.165) is 11.6 Å². The van der Waals surface area contributed by atoms with Gasteiger partial charge in [0.25, 0.3) is 0 Å². The summed E-state index contributed by atoms with van der Waals surface area (Å²) in [5.74, 6) is 0.293. The fraction of sp³-hybridized carbons (Fsp3) is 0.278. The molecule has 0 fully saturated rings. The molecule has 3 nitrogen and oxygen atoms in total.